The van der Waals surface area contributed by atoms with Crippen LogP contribution >= 0.6 is 0 Å². The number of phenolic OH excluding ortho intramolecular Hbond substituents is 1. The van der Waals surface area contributed by atoms with Gasteiger partial charge < -0.3 is 10.2 Å². The highest BCUT2D eigenvalue weighted by atomic mass is 19.4. The lowest BCUT2D eigenvalue weighted by Crippen LogP contribution is -2.70. The molecule has 1 aromatic rings. The molecule has 220 valence electrons. The zero-order chi connectivity index (χ0) is 29.8. The molecule has 4 atom stereocenters. The highest BCUT2D eigenvalue weighted by Crippen LogP contribution is 2.67. The van der Waals surface area contributed by atoms with Gasteiger partial charge in [-0.2, -0.15) is 57.1 Å². The van der Waals surface area contributed by atoms with Crippen molar-refractivity contribution in [3.05, 3.63) is 34.9 Å². The Kier molecular flexibility index (Phi) is 6.43. The van der Waals surface area contributed by atoms with Gasteiger partial charge in [0.25, 0.3) is 0 Å². The standard InChI is InChI=1S/C24H21F13O2/c1-18-9-15(19(25,26)20(27,28)21(29,30)22(31,32)23(33,34)24(35,36)37)17-12-5-3-11(38)8-10(12)2-4-13(17)14(18)6-7-16(18)39/h3,5,8,13-14,16,38-39H,2,4,6-7,9H2,1H3/t13-,14-,16-,18-/m0/s1. The third-order valence-corrected chi connectivity index (χ3v) is 8.51. The molecule has 0 spiro atoms. The fourth-order valence-corrected chi connectivity index (χ4v) is 6.36. The number of hydrogen-bond donors (Lipinski definition) is 2. The molecule has 2 nitrogen and oxygen atoms in total. The van der Waals surface area contributed by atoms with Crippen LogP contribution in [0.25, 0.3) is 5.57 Å². The highest BCUT2D eigenvalue weighted by Gasteiger charge is 2.91. The Morgan fingerprint density at radius 2 is 1.33 bits per heavy atom. The number of aryl methyl sites for hydroxylation is 1. The molecule has 15 heteroatoms. The van der Waals surface area contributed by atoms with Crippen molar-refractivity contribution in [3.8, 4) is 5.75 Å². The summed E-state index contributed by atoms with van der Waals surface area (Å²) in [6.45, 7) is 1.21. The van der Waals surface area contributed by atoms with E-state index in [2.05, 4.69) is 0 Å². The number of fused-ring (bicyclic) bond motifs is 5. The number of benzene rings is 1. The zero-order valence-corrected chi connectivity index (χ0v) is 19.8. The number of alkyl halides is 13. The second kappa shape index (κ2) is 8.41. The van der Waals surface area contributed by atoms with Gasteiger partial charge in [-0.05, 0) is 72.8 Å². The molecule has 0 aliphatic heterocycles. The van der Waals surface area contributed by atoms with E-state index in [9.17, 15) is 58.5 Å². The molecule has 4 rings (SSSR count). The Balaban J connectivity index is 1.96. The van der Waals surface area contributed by atoms with Crippen LogP contribution in [-0.4, -0.2) is 52.1 Å². The summed E-state index contributed by atoms with van der Waals surface area (Å²) in [4.78, 5) is 0. The second-order valence-electron chi connectivity index (χ2n) is 10.6. The zero-order valence-electron chi connectivity index (χ0n) is 19.8. The summed E-state index contributed by atoms with van der Waals surface area (Å²) in [6.07, 6.45) is -9.95. The first-order chi connectivity index (χ1) is 17.5. The summed E-state index contributed by atoms with van der Waals surface area (Å²) < 4.78 is 182. The largest absolute Gasteiger partial charge is 0.508 e. The van der Waals surface area contributed by atoms with Crippen molar-refractivity contribution in [1.82, 2.24) is 0 Å². The summed E-state index contributed by atoms with van der Waals surface area (Å²) in [6, 6.07) is 3.06. The van der Waals surface area contributed by atoms with Crippen molar-refractivity contribution < 1.29 is 67.3 Å². The van der Waals surface area contributed by atoms with E-state index in [0.29, 0.717) is 0 Å². The van der Waals surface area contributed by atoms with Crippen LogP contribution in [0.1, 0.15) is 43.7 Å². The van der Waals surface area contributed by atoms with Gasteiger partial charge in [-0.15, -0.1) is 0 Å². The van der Waals surface area contributed by atoms with E-state index < -0.39 is 76.7 Å². The predicted octanol–water partition coefficient (Wildman–Crippen LogP) is 7.63. The summed E-state index contributed by atoms with van der Waals surface area (Å²) >= 11 is 0. The van der Waals surface area contributed by atoms with E-state index in [1.54, 1.807) is 0 Å². The van der Waals surface area contributed by atoms with E-state index in [-0.39, 0.29) is 42.6 Å². The molecule has 39 heavy (non-hydrogen) atoms. The number of allylic oxidation sites excluding steroid dienone is 2. The topological polar surface area (TPSA) is 40.5 Å². The number of halogens is 13. The average molecular weight is 588 g/mol. The van der Waals surface area contributed by atoms with Gasteiger partial charge in [0.15, 0.2) is 0 Å². The van der Waals surface area contributed by atoms with Crippen LogP contribution in [0.4, 0.5) is 57.1 Å². The monoisotopic (exact) mass is 588 g/mol. The molecular weight excluding hydrogens is 567 g/mol. The van der Waals surface area contributed by atoms with Gasteiger partial charge in [0.1, 0.15) is 5.75 Å². The quantitative estimate of drug-likeness (QED) is 0.348. The van der Waals surface area contributed by atoms with Gasteiger partial charge in [0.2, 0.25) is 0 Å². The molecule has 0 saturated heterocycles. The Morgan fingerprint density at radius 1 is 0.769 bits per heavy atom. The molecule has 0 amide bonds. The van der Waals surface area contributed by atoms with Crippen molar-refractivity contribution in [3.63, 3.8) is 0 Å². The van der Waals surface area contributed by atoms with Crippen LogP contribution in [0.15, 0.2) is 23.8 Å². The molecule has 0 unspecified atom stereocenters. The fraction of sp³-hybridized carbons (Fsp3) is 0.667. The lowest BCUT2D eigenvalue weighted by atomic mass is 9.56. The van der Waals surface area contributed by atoms with Gasteiger partial charge in [-0.25, -0.2) is 0 Å². The van der Waals surface area contributed by atoms with Crippen LogP contribution in [-0.2, 0) is 6.42 Å². The van der Waals surface area contributed by atoms with Gasteiger partial charge >= 0.3 is 35.8 Å². The highest BCUT2D eigenvalue weighted by molar-refractivity contribution is 5.78. The van der Waals surface area contributed by atoms with Gasteiger partial charge in [0, 0.05) is 11.0 Å². The number of aliphatic hydroxyl groups excluding tert-OH is 1. The third kappa shape index (κ3) is 3.73. The van der Waals surface area contributed by atoms with Crippen LogP contribution < -0.4 is 0 Å². The molecule has 0 bridgehead atoms. The minimum absolute atomic E-state index is 0.00530. The molecule has 3 aliphatic carbocycles. The minimum atomic E-state index is -7.99. The Labute approximate surface area is 212 Å². The van der Waals surface area contributed by atoms with E-state index in [0.717, 1.165) is 18.2 Å². The molecule has 0 heterocycles. The molecule has 1 saturated carbocycles. The lowest BCUT2D eigenvalue weighted by molar-refractivity contribution is -0.437. The van der Waals surface area contributed by atoms with Crippen molar-refractivity contribution in [2.45, 2.75) is 80.9 Å². The predicted molar refractivity (Wildman–Crippen MR) is 109 cm³/mol. The first kappa shape index (κ1) is 29.8. The third-order valence-electron chi connectivity index (χ3n) is 8.51. The first-order valence-corrected chi connectivity index (χ1v) is 11.7. The van der Waals surface area contributed by atoms with Crippen molar-refractivity contribution in [2.24, 2.45) is 17.3 Å². The van der Waals surface area contributed by atoms with Gasteiger partial charge in [0.05, 0.1) is 6.10 Å². The van der Waals surface area contributed by atoms with E-state index in [1.807, 2.05) is 0 Å². The second-order valence-corrected chi connectivity index (χ2v) is 10.6. The van der Waals surface area contributed by atoms with E-state index in [1.165, 1.54) is 6.92 Å². The maximum Gasteiger partial charge on any atom is 0.460 e. The molecule has 0 radical (unpaired) electrons. The minimum Gasteiger partial charge on any atom is -0.508 e. The Bertz CT molecular complexity index is 1190. The first-order valence-electron chi connectivity index (χ1n) is 11.7. The smallest absolute Gasteiger partial charge is 0.460 e. The van der Waals surface area contributed by atoms with Crippen LogP contribution in [0.5, 0.6) is 5.75 Å². The average Bonchev–Trinajstić information content (AvgIpc) is 3.11. The van der Waals surface area contributed by atoms with E-state index >= 15 is 8.78 Å². The number of rotatable bonds is 5. The summed E-state index contributed by atoms with van der Waals surface area (Å²) in [5.41, 5.74) is -4.28. The number of hydrogen-bond acceptors (Lipinski definition) is 2. The normalized spacial score (nSPS) is 28.7. The summed E-state index contributed by atoms with van der Waals surface area (Å²) in [5, 5.41) is 20.2. The molecule has 3 aliphatic rings. The maximum atomic E-state index is 15.6. The van der Waals surface area contributed by atoms with Crippen molar-refractivity contribution in [1.29, 1.82) is 0 Å². The maximum absolute atomic E-state index is 15.6. The molecule has 2 N–H and O–H groups in total. The van der Waals surface area contributed by atoms with E-state index in [4.69, 9.17) is 0 Å². The van der Waals surface area contributed by atoms with Crippen molar-refractivity contribution >= 4 is 5.57 Å². The van der Waals surface area contributed by atoms with Crippen LogP contribution in [0.3, 0.4) is 0 Å². The molecule has 1 fully saturated rings. The Morgan fingerprint density at radius 3 is 1.90 bits per heavy atom. The lowest BCUT2D eigenvalue weighted by Gasteiger charge is -2.50. The summed E-state index contributed by atoms with van der Waals surface area (Å²) in [7, 11) is 0. The fourth-order valence-electron chi connectivity index (χ4n) is 6.36. The van der Waals surface area contributed by atoms with Gasteiger partial charge in [-0.1, -0.05) is 13.0 Å². The summed E-state index contributed by atoms with van der Waals surface area (Å²) in [5.74, 6) is -39.6. The van der Waals surface area contributed by atoms with Crippen molar-refractivity contribution in [2.75, 3.05) is 0 Å². The van der Waals surface area contributed by atoms with Gasteiger partial charge in [-0.3, -0.25) is 0 Å². The number of aliphatic hydroxyl groups is 1. The number of phenols is 1. The van der Waals surface area contributed by atoms with Crippen LogP contribution in [0.2, 0.25) is 0 Å². The molecule has 0 aromatic heterocycles. The molecule has 1 aromatic carbocycles. The number of aromatic hydroxyl groups is 1. The molecular formula is C24H21F13O2. The SMILES string of the molecule is C[C@]12CC(C(F)(F)C(F)(F)C(F)(F)C(F)(F)C(F)(F)C(F)(F)F)=C3c4ccc(O)cc4CC[C@H]3[C@@H]1CC[C@@H]2O. The van der Waals surface area contributed by atoms with Crippen LogP contribution in [0, 0.1) is 17.3 Å². The Hall–Kier alpha value is -2.19.